The van der Waals surface area contributed by atoms with E-state index in [1.807, 2.05) is 30.3 Å². The molecular weight excluding hydrogens is 485 g/mol. The van der Waals surface area contributed by atoms with Crippen molar-refractivity contribution in [1.82, 2.24) is 4.90 Å². The number of nitrogens with zero attached hydrogens (tertiary/aromatic N) is 1. The normalized spacial score (nSPS) is 19.4. The van der Waals surface area contributed by atoms with Crippen LogP contribution in [0.5, 0.6) is 0 Å². The first-order valence-corrected chi connectivity index (χ1v) is 13.2. The molecule has 1 heterocycles. The van der Waals surface area contributed by atoms with Gasteiger partial charge in [-0.25, -0.2) is 4.79 Å². The van der Waals surface area contributed by atoms with Gasteiger partial charge in [0.15, 0.2) is 0 Å². The van der Waals surface area contributed by atoms with Gasteiger partial charge in [-0.15, -0.1) is 0 Å². The zero-order valence-corrected chi connectivity index (χ0v) is 21.3. The lowest BCUT2D eigenvalue weighted by atomic mass is 9.86. The Bertz CT molecular complexity index is 1050. The highest BCUT2D eigenvalue weighted by Gasteiger charge is 2.40. The first-order valence-electron chi connectivity index (χ1n) is 12.5. The highest BCUT2D eigenvalue weighted by molar-refractivity contribution is 6.42. The highest BCUT2D eigenvalue weighted by Crippen LogP contribution is 2.32. The molecule has 0 N–H and O–H groups in total. The van der Waals surface area contributed by atoms with Crippen LogP contribution in [-0.2, 0) is 25.5 Å². The summed E-state index contributed by atoms with van der Waals surface area (Å²) in [4.78, 5) is 40.7. The smallest absolute Gasteiger partial charge is 0.329 e. The maximum atomic E-state index is 13.3. The fourth-order valence-electron chi connectivity index (χ4n) is 5.10. The van der Waals surface area contributed by atoms with Crippen molar-refractivity contribution in [3.05, 3.63) is 69.7 Å². The van der Waals surface area contributed by atoms with Crippen molar-refractivity contribution in [3.63, 3.8) is 0 Å². The molecule has 1 aliphatic carbocycles. The molecule has 1 amide bonds. The minimum atomic E-state index is -0.739. The molecule has 186 valence electrons. The molecule has 7 heteroatoms. The molecule has 0 spiro atoms. The zero-order chi connectivity index (χ0) is 24.8. The molecule has 35 heavy (non-hydrogen) atoms. The molecule has 1 saturated carbocycles. The molecule has 1 aliphatic heterocycles. The summed E-state index contributed by atoms with van der Waals surface area (Å²) in [5.74, 6) is -1.58. The van der Waals surface area contributed by atoms with Crippen LogP contribution < -0.4 is 0 Å². The Balaban J connectivity index is 1.47. The number of hydrogen-bond donors (Lipinski definition) is 0. The lowest BCUT2D eigenvalue weighted by Gasteiger charge is -2.28. The summed E-state index contributed by atoms with van der Waals surface area (Å²) in [6.45, 7) is 0.401. The number of aryl methyl sites for hydroxylation is 1. The van der Waals surface area contributed by atoms with Gasteiger partial charge in [-0.2, -0.15) is 0 Å². The van der Waals surface area contributed by atoms with Gasteiger partial charge < -0.3 is 9.64 Å². The van der Waals surface area contributed by atoms with Crippen LogP contribution in [0.25, 0.3) is 0 Å². The van der Waals surface area contributed by atoms with Crippen molar-refractivity contribution in [1.29, 1.82) is 0 Å². The van der Waals surface area contributed by atoms with Crippen LogP contribution in [0.1, 0.15) is 68.6 Å². The molecule has 4 rings (SSSR count). The van der Waals surface area contributed by atoms with E-state index in [0.29, 0.717) is 42.3 Å². The van der Waals surface area contributed by atoms with Crippen LogP contribution in [0.15, 0.2) is 48.5 Å². The average molecular weight is 516 g/mol. The van der Waals surface area contributed by atoms with E-state index in [1.54, 1.807) is 18.2 Å². The number of esters is 1. The Kier molecular flexibility index (Phi) is 8.85. The molecule has 5 nitrogen and oxygen atoms in total. The molecule has 2 atom stereocenters. The monoisotopic (exact) mass is 515 g/mol. The van der Waals surface area contributed by atoms with E-state index in [-0.39, 0.29) is 11.7 Å². The molecule has 2 aromatic carbocycles. The van der Waals surface area contributed by atoms with Gasteiger partial charge in [0.1, 0.15) is 12.1 Å². The van der Waals surface area contributed by atoms with Gasteiger partial charge in [0.05, 0.1) is 10.0 Å². The van der Waals surface area contributed by atoms with E-state index in [1.165, 1.54) is 4.90 Å². The van der Waals surface area contributed by atoms with E-state index in [4.69, 9.17) is 27.9 Å². The predicted molar refractivity (Wildman–Crippen MR) is 136 cm³/mol. The number of ether oxygens (including phenoxy) is 1. The molecule has 1 saturated heterocycles. The second-order valence-electron chi connectivity index (χ2n) is 9.48. The van der Waals surface area contributed by atoms with Crippen molar-refractivity contribution >= 4 is 40.9 Å². The summed E-state index contributed by atoms with van der Waals surface area (Å²) in [5.41, 5.74) is 1.88. The summed E-state index contributed by atoms with van der Waals surface area (Å²) in [7, 11) is 0. The number of Topliss-reactive ketones (excluding diaryl/α,β-unsaturated/α-hetero) is 1. The molecule has 2 aromatic rings. The standard InChI is InChI=1S/C28H31Cl2NO4/c29-22-15-14-21(18-23(22)30)25(16-13-19-8-3-1-4-9-19)35-28(34)24-12-7-17-31(24)27(33)26(32)20-10-5-2-6-11-20/h1,3-4,8-9,14-15,18,20,24-25H,2,5-7,10-13,16-17H2/t24-,25?/m0/s1. The second-order valence-corrected chi connectivity index (χ2v) is 10.3. The van der Waals surface area contributed by atoms with Crippen molar-refractivity contribution in [2.45, 2.75) is 69.9 Å². The van der Waals surface area contributed by atoms with Gasteiger partial charge in [0.25, 0.3) is 5.91 Å². The third-order valence-electron chi connectivity index (χ3n) is 7.08. The van der Waals surface area contributed by atoms with Gasteiger partial charge in [-0.1, -0.05) is 78.9 Å². The van der Waals surface area contributed by atoms with Crippen LogP contribution in [-0.4, -0.2) is 35.1 Å². The number of carbonyl (C=O) groups excluding carboxylic acids is 3. The minimum absolute atomic E-state index is 0.219. The van der Waals surface area contributed by atoms with Gasteiger partial charge >= 0.3 is 5.97 Å². The number of halogens is 2. The van der Waals surface area contributed by atoms with Crippen molar-refractivity contribution in [2.24, 2.45) is 5.92 Å². The van der Waals surface area contributed by atoms with Crippen LogP contribution in [0.3, 0.4) is 0 Å². The van der Waals surface area contributed by atoms with Crippen LogP contribution in [0.2, 0.25) is 10.0 Å². The summed E-state index contributed by atoms with van der Waals surface area (Å²) >= 11 is 12.3. The van der Waals surface area contributed by atoms with E-state index in [2.05, 4.69) is 0 Å². The van der Waals surface area contributed by atoms with Crippen molar-refractivity contribution in [2.75, 3.05) is 6.54 Å². The summed E-state index contributed by atoms with van der Waals surface area (Å²) < 4.78 is 6.00. The summed E-state index contributed by atoms with van der Waals surface area (Å²) in [5, 5.41) is 0.818. The highest BCUT2D eigenvalue weighted by atomic mass is 35.5. The number of benzene rings is 2. The molecule has 0 bridgehead atoms. The van der Waals surface area contributed by atoms with E-state index < -0.39 is 24.0 Å². The summed E-state index contributed by atoms with van der Waals surface area (Å²) in [6, 6.07) is 14.4. The molecule has 2 aliphatic rings. The zero-order valence-electron chi connectivity index (χ0n) is 19.8. The number of amides is 1. The molecule has 0 radical (unpaired) electrons. The van der Waals surface area contributed by atoms with Crippen molar-refractivity contribution in [3.8, 4) is 0 Å². The topological polar surface area (TPSA) is 63.7 Å². The fourth-order valence-corrected chi connectivity index (χ4v) is 5.41. The Morgan fingerprint density at radius 1 is 0.914 bits per heavy atom. The maximum Gasteiger partial charge on any atom is 0.329 e. The van der Waals surface area contributed by atoms with Gasteiger partial charge in [0, 0.05) is 12.5 Å². The molecular formula is C28H31Cl2NO4. The summed E-state index contributed by atoms with van der Waals surface area (Å²) in [6.07, 6.45) is 6.43. The van der Waals surface area contributed by atoms with Gasteiger partial charge in [-0.3, -0.25) is 9.59 Å². The number of rotatable bonds is 8. The first-order chi connectivity index (χ1) is 16.9. The fraction of sp³-hybridized carbons (Fsp3) is 0.464. The lowest BCUT2D eigenvalue weighted by molar-refractivity contribution is -0.160. The molecule has 1 unspecified atom stereocenters. The Morgan fingerprint density at radius 2 is 1.66 bits per heavy atom. The van der Waals surface area contributed by atoms with E-state index in [9.17, 15) is 14.4 Å². The van der Waals surface area contributed by atoms with E-state index >= 15 is 0 Å². The number of ketones is 1. The third kappa shape index (κ3) is 6.45. The molecule has 0 aromatic heterocycles. The average Bonchev–Trinajstić information content (AvgIpc) is 3.38. The quantitative estimate of drug-likeness (QED) is 0.303. The maximum absolute atomic E-state index is 13.3. The SMILES string of the molecule is O=C(C(=O)N1CCC[C@H]1C(=O)OC(CCc1ccccc1)c1ccc(Cl)c(Cl)c1)C1CCCCC1. The minimum Gasteiger partial charge on any atom is -0.456 e. The number of carbonyl (C=O) groups is 3. The third-order valence-corrected chi connectivity index (χ3v) is 7.82. The largest absolute Gasteiger partial charge is 0.456 e. The Labute approximate surface area is 216 Å². The van der Waals surface area contributed by atoms with Gasteiger partial charge in [0.2, 0.25) is 5.78 Å². The Hall–Kier alpha value is -2.37. The van der Waals surface area contributed by atoms with Crippen LogP contribution >= 0.6 is 23.2 Å². The van der Waals surface area contributed by atoms with Crippen LogP contribution in [0, 0.1) is 5.92 Å². The second kappa shape index (κ2) is 12.0. The van der Waals surface area contributed by atoms with Crippen LogP contribution in [0.4, 0.5) is 0 Å². The first kappa shape index (κ1) is 25.7. The van der Waals surface area contributed by atoms with Crippen molar-refractivity contribution < 1.29 is 19.1 Å². The van der Waals surface area contributed by atoms with Gasteiger partial charge in [-0.05, 0) is 61.8 Å². The lowest BCUT2D eigenvalue weighted by Crippen LogP contribution is -2.46. The molecule has 2 fully saturated rings. The van der Waals surface area contributed by atoms with E-state index in [0.717, 1.165) is 43.2 Å². The number of likely N-dealkylation sites (tertiary alicyclic amines) is 1. The number of hydrogen-bond acceptors (Lipinski definition) is 4. The predicted octanol–water partition coefficient (Wildman–Crippen LogP) is 6.35. The Morgan fingerprint density at radius 3 is 2.37 bits per heavy atom.